The minimum Gasteiger partial charge on any atom is -0.371 e. The van der Waals surface area contributed by atoms with Crippen molar-refractivity contribution in [3.63, 3.8) is 0 Å². The Morgan fingerprint density at radius 3 is 2.89 bits per heavy atom. The molecule has 0 aliphatic carbocycles. The number of hydrogen-bond donors (Lipinski definition) is 1. The normalized spacial score (nSPS) is 14.5. The van der Waals surface area contributed by atoms with Crippen LogP contribution in [0.4, 0.5) is 0 Å². The molecule has 19 heavy (non-hydrogen) atoms. The van der Waals surface area contributed by atoms with E-state index in [9.17, 15) is 0 Å². The Kier molecular flexibility index (Phi) is 5.51. The van der Waals surface area contributed by atoms with Crippen molar-refractivity contribution in [3.05, 3.63) is 38.5 Å². The highest BCUT2D eigenvalue weighted by atomic mass is 32.1. The maximum atomic E-state index is 6.17. The molecule has 2 aromatic heterocycles. The first kappa shape index (κ1) is 14.7. The zero-order chi connectivity index (χ0) is 13.7. The van der Waals surface area contributed by atoms with Crippen LogP contribution in [0.15, 0.2) is 22.3 Å². The summed E-state index contributed by atoms with van der Waals surface area (Å²) in [5, 5.41) is 4.19. The van der Waals surface area contributed by atoms with Crippen molar-refractivity contribution >= 4 is 22.7 Å². The van der Waals surface area contributed by atoms with Crippen molar-refractivity contribution in [1.82, 2.24) is 4.98 Å². The van der Waals surface area contributed by atoms with Crippen LogP contribution in [0.3, 0.4) is 0 Å². The van der Waals surface area contributed by atoms with Crippen LogP contribution < -0.4 is 5.73 Å². The van der Waals surface area contributed by atoms with Gasteiger partial charge in [-0.15, -0.1) is 11.3 Å². The Morgan fingerprint density at radius 2 is 2.32 bits per heavy atom. The SMILES string of the molecule is CCC(N)C(OCCc1scnc1C)c1ccsc1. The summed E-state index contributed by atoms with van der Waals surface area (Å²) >= 11 is 3.38. The molecule has 0 amide bonds. The van der Waals surface area contributed by atoms with Crippen LogP contribution in [0, 0.1) is 6.92 Å². The quantitative estimate of drug-likeness (QED) is 0.850. The highest BCUT2D eigenvalue weighted by Crippen LogP contribution is 2.25. The van der Waals surface area contributed by atoms with Crippen molar-refractivity contribution in [2.75, 3.05) is 6.61 Å². The van der Waals surface area contributed by atoms with E-state index in [-0.39, 0.29) is 12.1 Å². The largest absolute Gasteiger partial charge is 0.371 e. The van der Waals surface area contributed by atoms with E-state index in [0.717, 1.165) is 18.5 Å². The van der Waals surface area contributed by atoms with Gasteiger partial charge in [0.1, 0.15) is 0 Å². The number of ether oxygens (including phenoxy) is 1. The van der Waals surface area contributed by atoms with Gasteiger partial charge in [-0.1, -0.05) is 6.92 Å². The third-order valence-electron chi connectivity index (χ3n) is 3.20. The van der Waals surface area contributed by atoms with Gasteiger partial charge in [0, 0.05) is 17.3 Å². The predicted molar refractivity (Wildman–Crippen MR) is 81.8 cm³/mol. The molecule has 3 nitrogen and oxygen atoms in total. The highest BCUT2D eigenvalue weighted by molar-refractivity contribution is 7.09. The first-order chi connectivity index (χ1) is 9.22. The third-order valence-corrected chi connectivity index (χ3v) is 4.90. The standard InChI is InChI=1S/C14H20N2OS2/c1-3-12(15)14(11-5-7-18-8-11)17-6-4-13-10(2)16-9-19-13/h5,7-9,12,14H,3-4,6,15H2,1-2H3. The third kappa shape index (κ3) is 3.86. The first-order valence-electron chi connectivity index (χ1n) is 6.50. The second-order valence-corrected chi connectivity index (χ2v) is 6.25. The molecule has 0 saturated carbocycles. The van der Waals surface area contributed by atoms with Crippen LogP contribution in [0.25, 0.3) is 0 Å². The molecule has 0 aromatic carbocycles. The van der Waals surface area contributed by atoms with Gasteiger partial charge in [0.05, 0.1) is 23.9 Å². The topological polar surface area (TPSA) is 48.1 Å². The summed E-state index contributed by atoms with van der Waals surface area (Å²) in [5.41, 5.74) is 10.4. The lowest BCUT2D eigenvalue weighted by Gasteiger charge is -2.22. The number of nitrogens with two attached hydrogens (primary N) is 1. The Labute approximate surface area is 122 Å². The molecule has 2 N–H and O–H groups in total. The number of thiazole rings is 1. The highest BCUT2D eigenvalue weighted by Gasteiger charge is 2.19. The maximum Gasteiger partial charge on any atom is 0.0983 e. The molecule has 0 fully saturated rings. The Bertz CT molecular complexity index is 481. The molecule has 0 radical (unpaired) electrons. The molecule has 5 heteroatoms. The van der Waals surface area contributed by atoms with Crippen molar-refractivity contribution in [3.8, 4) is 0 Å². The summed E-state index contributed by atoms with van der Waals surface area (Å²) in [5.74, 6) is 0. The van der Waals surface area contributed by atoms with Gasteiger partial charge in [-0.05, 0) is 35.7 Å². The van der Waals surface area contributed by atoms with Gasteiger partial charge in [-0.3, -0.25) is 0 Å². The summed E-state index contributed by atoms with van der Waals surface area (Å²) in [6.07, 6.45) is 1.83. The van der Waals surface area contributed by atoms with E-state index in [0.29, 0.717) is 6.61 Å². The molecular formula is C14H20N2OS2. The molecule has 2 rings (SSSR count). The van der Waals surface area contributed by atoms with E-state index in [2.05, 4.69) is 28.7 Å². The number of aromatic nitrogens is 1. The van der Waals surface area contributed by atoms with Gasteiger partial charge in [0.15, 0.2) is 0 Å². The average molecular weight is 296 g/mol. The van der Waals surface area contributed by atoms with Crippen molar-refractivity contribution < 1.29 is 4.74 Å². The molecule has 0 aliphatic rings. The van der Waals surface area contributed by atoms with Crippen LogP contribution in [0.1, 0.15) is 35.6 Å². The summed E-state index contributed by atoms with van der Waals surface area (Å²) in [6.45, 7) is 4.83. The van der Waals surface area contributed by atoms with E-state index >= 15 is 0 Å². The van der Waals surface area contributed by atoms with E-state index < -0.39 is 0 Å². The molecule has 104 valence electrons. The van der Waals surface area contributed by atoms with E-state index in [4.69, 9.17) is 10.5 Å². The molecule has 0 bridgehead atoms. The molecule has 2 unspecified atom stereocenters. The van der Waals surface area contributed by atoms with Crippen molar-refractivity contribution in [2.45, 2.75) is 38.8 Å². The summed E-state index contributed by atoms with van der Waals surface area (Å²) in [6, 6.07) is 2.15. The average Bonchev–Trinajstić information content (AvgIpc) is 3.06. The Balaban J connectivity index is 1.92. The summed E-state index contributed by atoms with van der Waals surface area (Å²) in [7, 11) is 0. The molecule has 0 aliphatic heterocycles. The number of rotatable bonds is 7. The fourth-order valence-corrected chi connectivity index (χ4v) is 3.41. The molecule has 2 aromatic rings. The van der Waals surface area contributed by atoms with Gasteiger partial charge in [0.2, 0.25) is 0 Å². The molecular weight excluding hydrogens is 276 g/mol. The number of aryl methyl sites for hydroxylation is 1. The van der Waals surface area contributed by atoms with Crippen LogP contribution in [0.2, 0.25) is 0 Å². The van der Waals surface area contributed by atoms with Crippen LogP contribution in [-0.4, -0.2) is 17.6 Å². The van der Waals surface area contributed by atoms with Gasteiger partial charge in [0.25, 0.3) is 0 Å². The fraction of sp³-hybridized carbons (Fsp3) is 0.500. The lowest BCUT2D eigenvalue weighted by Crippen LogP contribution is -2.29. The fourth-order valence-electron chi connectivity index (χ4n) is 1.96. The lowest BCUT2D eigenvalue weighted by molar-refractivity contribution is 0.0359. The van der Waals surface area contributed by atoms with Crippen molar-refractivity contribution in [2.24, 2.45) is 5.73 Å². The first-order valence-corrected chi connectivity index (χ1v) is 8.32. The van der Waals surface area contributed by atoms with Gasteiger partial charge in [-0.25, -0.2) is 4.98 Å². The number of hydrogen-bond acceptors (Lipinski definition) is 5. The minimum absolute atomic E-state index is 0.00415. The Morgan fingerprint density at radius 1 is 1.47 bits per heavy atom. The molecule has 0 saturated heterocycles. The predicted octanol–water partition coefficient (Wildman–Crippen LogP) is 3.55. The van der Waals surface area contributed by atoms with E-state index in [1.807, 2.05) is 12.4 Å². The van der Waals surface area contributed by atoms with Gasteiger partial charge >= 0.3 is 0 Å². The molecule has 2 atom stereocenters. The second-order valence-electron chi connectivity index (χ2n) is 4.53. The van der Waals surface area contributed by atoms with Gasteiger partial charge < -0.3 is 10.5 Å². The number of nitrogens with zero attached hydrogens (tertiary/aromatic N) is 1. The zero-order valence-corrected chi connectivity index (χ0v) is 13.0. The summed E-state index contributed by atoms with van der Waals surface area (Å²) in [4.78, 5) is 5.56. The van der Waals surface area contributed by atoms with Gasteiger partial charge in [-0.2, -0.15) is 11.3 Å². The maximum absolute atomic E-state index is 6.17. The van der Waals surface area contributed by atoms with E-state index in [1.165, 1.54) is 10.4 Å². The molecule has 2 heterocycles. The second kappa shape index (κ2) is 7.14. The Hall–Kier alpha value is -0.750. The smallest absolute Gasteiger partial charge is 0.0983 e. The van der Waals surface area contributed by atoms with Crippen LogP contribution >= 0.6 is 22.7 Å². The molecule has 0 spiro atoms. The number of thiophene rings is 1. The van der Waals surface area contributed by atoms with Crippen molar-refractivity contribution in [1.29, 1.82) is 0 Å². The summed E-state index contributed by atoms with van der Waals surface area (Å²) < 4.78 is 6.03. The van der Waals surface area contributed by atoms with Crippen LogP contribution in [0.5, 0.6) is 0 Å². The lowest BCUT2D eigenvalue weighted by atomic mass is 10.0. The van der Waals surface area contributed by atoms with Crippen LogP contribution in [-0.2, 0) is 11.2 Å². The minimum atomic E-state index is 0.00415. The monoisotopic (exact) mass is 296 g/mol. The zero-order valence-electron chi connectivity index (χ0n) is 11.3. The van der Waals surface area contributed by atoms with E-state index in [1.54, 1.807) is 22.7 Å².